The third-order valence-electron chi connectivity index (χ3n) is 2.85. The lowest BCUT2D eigenvalue weighted by Crippen LogP contribution is -2.21. The molecule has 1 unspecified atom stereocenters. The van der Waals surface area contributed by atoms with Crippen molar-refractivity contribution in [3.05, 3.63) is 52.0 Å². The van der Waals surface area contributed by atoms with Crippen LogP contribution in [0.15, 0.2) is 40.9 Å². The maximum absolute atomic E-state index is 8.79. The van der Waals surface area contributed by atoms with E-state index in [-0.39, 0.29) is 11.9 Å². The molecule has 0 aliphatic rings. The highest BCUT2D eigenvalue weighted by Gasteiger charge is 2.09. The first-order valence-corrected chi connectivity index (χ1v) is 6.81. The van der Waals surface area contributed by atoms with Crippen LogP contribution in [0.2, 0.25) is 0 Å². The van der Waals surface area contributed by atoms with Gasteiger partial charge in [-0.05, 0) is 23.8 Å². The normalized spacial score (nSPS) is 11.7. The zero-order valence-corrected chi connectivity index (χ0v) is 12.3. The molecule has 0 saturated carbocycles. The number of nitrogens with two attached hydrogens (primary N) is 2. The Balaban J connectivity index is 2.04. The van der Waals surface area contributed by atoms with E-state index >= 15 is 0 Å². The van der Waals surface area contributed by atoms with Crippen LogP contribution in [0, 0.1) is 11.3 Å². The average Bonchev–Trinajstić information content (AvgIpc) is 2.45. The maximum Gasteiger partial charge on any atom is 0.143 e. The van der Waals surface area contributed by atoms with E-state index in [2.05, 4.69) is 26.2 Å². The van der Waals surface area contributed by atoms with Gasteiger partial charge in [-0.2, -0.15) is 5.26 Å². The zero-order valence-electron chi connectivity index (χ0n) is 10.7. The van der Waals surface area contributed by atoms with Crippen molar-refractivity contribution in [3.8, 4) is 6.07 Å². The van der Waals surface area contributed by atoms with Gasteiger partial charge >= 0.3 is 0 Å². The van der Waals surface area contributed by atoms with Crippen molar-refractivity contribution >= 4 is 27.6 Å². The lowest BCUT2D eigenvalue weighted by molar-refractivity contribution is 0.758. The zero-order chi connectivity index (χ0) is 14.5. The Labute approximate surface area is 125 Å². The van der Waals surface area contributed by atoms with Gasteiger partial charge in [0, 0.05) is 17.1 Å². The van der Waals surface area contributed by atoms with E-state index < -0.39 is 0 Å². The van der Waals surface area contributed by atoms with E-state index in [0.29, 0.717) is 17.9 Å². The average molecular weight is 332 g/mol. The predicted octanol–water partition coefficient (Wildman–Crippen LogP) is 2.41. The first kappa shape index (κ1) is 14.3. The molecule has 0 bridgehead atoms. The van der Waals surface area contributed by atoms with E-state index in [1.807, 2.05) is 30.3 Å². The predicted molar refractivity (Wildman–Crippen MR) is 82.9 cm³/mol. The SMILES string of the molecule is N#Cc1ccc(NCC(N)c2ccccc2Br)nc1N. The maximum atomic E-state index is 8.79. The molecule has 0 spiro atoms. The van der Waals surface area contributed by atoms with Crippen LogP contribution in [-0.4, -0.2) is 11.5 Å². The fourth-order valence-electron chi connectivity index (χ4n) is 1.77. The van der Waals surface area contributed by atoms with Crippen molar-refractivity contribution in [2.24, 2.45) is 5.73 Å². The summed E-state index contributed by atoms with van der Waals surface area (Å²) in [5.41, 5.74) is 13.2. The number of hydrogen-bond donors (Lipinski definition) is 3. The van der Waals surface area contributed by atoms with Crippen LogP contribution in [0.3, 0.4) is 0 Å². The monoisotopic (exact) mass is 331 g/mol. The topological polar surface area (TPSA) is 101 Å². The van der Waals surface area contributed by atoms with Gasteiger partial charge in [-0.15, -0.1) is 0 Å². The number of aromatic nitrogens is 1. The van der Waals surface area contributed by atoms with Crippen LogP contribution in [0.4, 0.5) is 11.6 Å². The molecule has 2 rings (SSSR count). The van der Waals surface area contributed by atoms with Gasteiger partial charge in [0.2, 0.25) is 0 Å². The molecule has 102 valence electrons. The number of halogens is 1. The van der Waals surface area contributed by atoms with Crippen molar-refractivity contribution in [2.45, 2.75) is 6.04 Å². The Morgan fingerprint density at radius 2 is 2.05 bits per heavy atom. The number of pyridine rings is 1. The summed E-state index contributed by atoms with van der Waals surface area (Å²) >= 11 is 3.47. The van der Waals surface area contributed by atoms with Crippen LogP contribution in [0.5, 0.6) is 0 Å². The number of nitrogens with zero attached hydrogens (tertiary/aromatic N) is 2. The molecule has 1 aromatic heterocycles. The van der Waals surface area contributed by atoms with E-state index in [0.717, 1.165) is 10.0 Å². The Morgan fingerprint density at radius 1 is 1.30 bits per heavy atom. The molecule has 1 heterocycles. The van der Waals surface area contributed by atoms with Gasteiger partial charge in [-0.1, -0.05) is 34.1 Å². The Bertz CT molecular complexity index is 650. The number of rotatable bonds is 4. The molecular formula is C14H14BrN5. The summed E-state index contributed by atoms with van der Waals surface area (Å²) in [5.74, 6) is 0.816. The van der Waals surface area contributed by atoms with E-state index in [1.165, 1.54) is 0 Å². The summed E-state index contributed by atoms with van der Waals surface area (Å²) in [7, 11) is 0. The highest BCUT2D eigenvalue weighted by Crippen LogP contribution is 2.22. The van der Waals surface area contributed by atoms with Crippen LogP contribution >= 0.6 is 15.9 Å². The second kappa shape index (κ2) is 6.37. The van der Waals surface area contributed by atoms with Crippen molar-refractivity contribution < 1.29 is 0 Å². The Hall–Kier alpha value is -2.10. The summed E-state index contributed by atoms with van der Waals surface area (Å²) in [6.07, 6.45) is 0. The van der Waals surface area contributed by atoms with Crippen molar-refractivity contribution in [1.29, 1.82) is 5.26 Å². The molecule has 0 aliphatic heterocycles. The van der Waals surface area contributed by atoms with Gasteiger partial charge in [-0.3, -0.25) is 0 Å². The molecule has 1 aromatic carbocycles. The smallest absolute Gasteiger partial charge is 0.143 e. The largest absolute Gasteiger partial charge is 0.383 e. The van der Waals surface area contributed by atoms with Crippen molar-refractivity contribution in [3.63, 3.8) is 0 Å². The van der Waals surface area contributed by atoms with Crippen LogP contribution in [0.25, 0.3) is 0 Å². The Kier molecular flexibility index (Phi) is 4.56. The second-order valence-electron chi connectivity index (χ2n) is 4.25. The molecule has 0 radical (unpaired) electrons. The summed E-state index contributed by atoms with van der Waals surface area (Å²) in [4.78, 5) is 4.11. The van der Waals surface area contributed by atoms with Gasteiger partial charge < -0.3 is 16.8 Å². The van der Waals surface area contributed by atoms with Crippen LogP contribution in [-0.2, 0) is 0 Å². The van der Waals surface area contributed by atoms with Gasteiger partial charge in [0.1, 0.15) is 17.7 Å². The first-order chi connectivity index (χ1) is 9.61. The molecular weight excluding hydrogens is 318 g/mol. The van der Waals surface area contributed by atoms with Gasteiger partial charge in [-0.25, -0.2) is 4.98 Å². The van der Waals surface area contributed by atoms with Gasteiger partial charge in [0.05, 0.1) is 5.56 Å². The number of nitrogen functional groups attached to an aromatic ring is 1. The fourth-order valence-corrected chi connectivity index (χ4v) is 2.35. The molecule has 5 N–H and O–H groups in total. The van der Waals surface area contributed by atoms with E-state index in [4.69, 9.17) is 16.7 Å². The minimum atomic E-state index is -0.177. The van der Waals surface area contributed by atoms with Gasteiger partial charge in [0.15, 0.2) is 0 Å². The third-order valence-corrected chi connectivity index (χ3v) is 3.58. The van der Waals surface area contributed by atoms with Crippen molar-refractivity contribution in [2.75, 3.05) is 17.6 Å². The summed E-state index contributed by atoms with van der Waals surface area (Å²) < 4.78 is 0.974. The lowest BCUT2D eigenvalue weighted by Gasteiger charge is -2.15. The van der Waals surface area contributed by atoms with E-state index in [1.54, 1.807) is 12.1 Å². The molecule has 0 amide bonds. The summed E-state index contributed by atoms with van der Waals surface area (Å²) in [6, 6.07) is 12.9. The number of nitriles is 1. The molecule has 6 heteroatoms. The summed E-state index contributed by atoms with van der Waals surface area (Å²) in [6.45, 7) is 0.515. The number of hydrogen-bond acceptors (Lipinski definition) is 5. The molecule has 0 aliphatic carbocycles. The summed E-state index contributed by atoms with van der Waals surface area (Å²) in [5, 5.41) is 11.9. The second-order valence-corrected chi connectivity index (χ2v) is 5.10. The third kappa shape index (κ3) is 3.26. The number of benzene rings is 1. The van der Waals surface area contributed by atoms with Gasteiger partial charge in [0.25, 0.3) is 0 Å². The quantitative estimate of drug-likeness (QED) is 0.798. The van der Waals surface area contributed by atoms with Crippen molar-refractivity contribution in [1.82, 2.24) is 4.98 Å². The molecule has 0 fully saturated rings. The van der Waals surface area contributed by atoms with Crippen LogP contribution < -0.4 is 16.8 Å². The Morgan fingerprint density at radius 3 is 2.70 bits per heavy atom. The number of anilines is 2. The van der Waals surface area contributed by atoms with E-state index in [9.17, 15) is 0 Å². The molecule has 20 heavy (non-hydrogen) atoms. The van der Waals surface area contributed by atoms with Crippen LogP contribution in [0.1, 0.15) is 17.2 Å². The molecule has 0 saturated heterocycles. The number of nitrogens with one attached hydrogen (secondary N) is 1. The minimum Gasteiger partial charge on any atom is -0.383 e. The minimum absolute atomic E-state index is 0.177. The lowest BCUT2D eigenvalue weighted by atomic mass is 10.1. The highest BCUT2D eigenvalue weighted by atomic mass is 79.9. The fraction of sp³-hybridized carbons (Fsp3) is 0.143. The molecule has 2 aromatic rings. The molecule has 5 nitrogen and oxygen atoms in total. The standard InChI is InChI=1S/C14H14BrN5/c15-11-4-2-1-3-10(11)12(17)8-19-13-6-5-9(7-16)14(18)20-13/h1-6,12H,8,17H2,(H3,18,19,20). The first-order valence-electron chi connectivity index (χ1n) is 6.02. The highest BCUT2D eigenvalue weighted by molar-refractivity contribution is 9.10. The molecule has 1 atom stereocenters.